The number of aliphatic hydroxyl groups is 1. The maximum Gasteiger partial charge on any atom is 0.278 e. The number of rotatable bonds is 5. The van der Waals surface area contributed by atoms with Crippen molar-refractivity contribution < 1.29 is 23.5 Å². The predicted molar refractivity (Wildman–Crippen MR) is 111 cm³/mol. The van der Waals surface area contributed by atoms with E-state index in [0.29, 0.717) is 17.8 Å². The molecule has 4 rings (SSSR count). The highest BCUT2D eigenvalue weighted by Gasteiger charge is 2.33. The highest BCUT2D eigenvalue weighted by molar-refractivity contribution is 7.89. The first-order valence-electron chi connectivity index (χ1n) is 9.47. The summed E-state index contributed by atoms with van der Waals surface area (Å²) in [5.74, 6) is -0.448. The number of hydrogen-bond acceptors (Lipinski definition) is 7. The maximum atomic E-state index is 12.3. The summed E-state index contributed by atoms with van der Waals surface area (Å²) in [5, 5.41) is 24.2. The van der Waals surface area contributed by atoms with Gasteiger partial charge in [0.2, 0.25) is 10.0 Å². The largest absolute Gasteiger partial charge is 0.410 e. The van der Waals surface area contributed by atoms with Gasteiger partial charge in [-0.15, -0.1) is 0 Å². The molecular formula is C20H22N4O5S. The third-order valence-corrected chi connectivity index (χ3v) is 6.89. The minimum Gasteiger partial charge on any atom is -0.410 e. The van der Waals surface area contributed by atoms with Crippen LogP contribution < -0.4 is 10.0 Å². The number of likely N-dealkylation sites (N-methyl/N-ethyl adjacent to an activating group) is 1. The van der Waals surface area contributed by atoms with Crippen LogP contribution in [0.3, 0.4) is 0 Å². The monoisotopic (exact) mass is 430 g/mol. The van der Waals surface area contributed by atoms with Crippen molar-refractivity contribution >= 4 is 27.3 Å². The first kappa shape index (κ1) is 20.5. The molecule has 9 nitrogen and oxygen atoms in total. The number of carbonyl (C=O) groups excluding carboxylic acids is 1. The number of hydrogen-bond donors (Lipinski definition) is 4. The van der Waals surface area contributed by atoms with E-state index in [0.717, 1.165) is 35.2 Å². The van der Waals surface area contributed by atoms with Gasteiger partial charge < -0.3 is 20.5 Å². The van der Waals surface area contributed by atoms with Crippen molar-refractivity contribution in [2.75, 3.05) is 32.1 Å². The SMILES string of the molecule is CN1CCc2c(-c3ccc(S(=O)(=O)NCCO)cc3)cc3c(c2C1)NC(=O)/C3=N\O. The van der Waals surface area contributed by atoms with Crippen LogP contribution >= 0.6 is 0 Å². The van der Waals surface area contributed by atoms with E-state index in [4.69, 9.17) is 5.11 Å². The number of nitrogens with one attached hydrogen (secondary N) is 2. The van der Waals surface area contributed by atoms with E-state index in [2.05, 4.69) is 20.1 Å². The summed E-state index contributed by atoms with van der Waals surface area (Å²) in [6.45, 7) is 1.15. The van der Waals surface area contributed by atoms with Crippen LogP contribution in [0.4, 0.5) is 5.69 Å². The summed E-state index contributed by atoms with van der Waals surface area (Å²) in [4.78, 5) is 14.5. The van der Waals surface area contributed by atoms with Crippen LogP contribution in [-0.2, 0) is 27.8 Å². The van der Waals surface area contributed by atoms with Gasteiger partial charge in [0.1, 0.15) is 0 Å². The standard InChI is InChI=1S/C20H22N4O5S/c1-24-8-6-14-15(10-16-18(17(14)11-24)22-20(26)19(16)23-27)12-2-4-13(5-3-12)30(28,29)21-7-9-25/h2-5,10,21,25,27H,6-9,11H2,1H3,(H,22,23,26). The number of aliphatic hydroxyl groups excluding tert-OH is 1. The van der Waals surface area contributed by atoms with E-state index in [-0.39, 0.29) is 23.8 Å². The molecule has 2 aliphatic heterocycles. The molecule has 158 valence electrons. The van der Waals surface area contributed by atoms with Crippen LogP contribution in [0.5, 0.6) is 0 Å². The number of benzene rings is 2. The number of amides is 1. The number of sulfonamides is 1. The Kier molecular flexibility index (Phi) is 5.33. The van der Waals surface area contributed by atoms with Crippen LogP contribution in [-0.4, -0.2) is 62.0 Å². The molecule has 30 heavy (non-hydrogen) atoms. The number of oxime groups is 1. The topological polar surface area (TPSA) is 131 Å². The van der Waals surface area contributed by atoms with Gasteiger partial charge in [0.05, 0.1) is 17.2 Å². The van der Waals surface area contributed by atoms with Gasteiger partial charge in [-0.2, -0.15) is 0 Å². The molecule has 0 bridgehead atoms. The van der Waals surface area contributed by atoms with Crippen LogP contribution in [0.25, 0.3) is 11.1 Å². The van der Waals surface area contributed by atoms with E-state index >= 15 is 0 Å². The minimum absolute atomic E-state index is 0.0327. The fraction of sp³-hybridized carbons (Fsp3) is 0.300. The van der Waals surface area contributed by atoms with E-state index in [1.807, 2.05) is 13.1 Å². The lowest BCUT2D eigenvalue weighted by Gasteiger charge is -2.29. The van der Waals surface area contributed by atoms with Gasteiger partial charge in [0.15, 0.2) is 5.71 Å². The van der Waals surface area contributed by atoms with Crippen LogP contribution in [0.15, 0.2) is 40.4 Å². The predicted octanol–water partition coefficient (Wildman–Crippen LogP) is 0.742. The Balaban J connectivity index is 1.81. The highest BCUT2D eigenvalue weighted by atomic mass is 32.2. The Morgan fingerprint density at radius 3 is 2.60 bits per heavy atom. The van der Waals surface area contributed by atoms with Gasteiger partial charge in [-0.3, -0.25) is 4.79 Å². The van der Waals surface area contributed by atoms with Gasteiger partial charge in [0.25, 0.3) is 5.91 Å². The van der Waals surface area contributed by atoms with E-state index in [9.17, 15) is 18.4 Å². The zero-order valence-electron chi connectivity index (χ0n) is 16.3. The zero-order valence-corrected chi connectivity index (χ0v) is 17.2. The van der Waals surface area contributed by atoms with Crippen molar-refractivity contribution in [3.63, 3.8) is 0 Å². The average molecular weight is 430 g/mol. The Labute approximate surface area is 174 Å². The fourth-order valence-corrected chi connectivity index (χ4v) is 4.97. The van der Waals surface area contributed by atoms with Crippen LogP contribution in [0.1, 0.15) is 16.7 Å². The summed E-state index contributed by atoms with van der Waals surface area (Å²) >= 11 is 0. The molecule has 2 aromatic rings. The van der Waals surface area contributed by atoms with Crippen LogP contribution in [0, 0.1) is 0 Å². The summed E-state index contributed by atoms with van der Waals surface area (Å²) in [7, 11) is -1.70. The van der Waals surface area contributed by atoms with Crippen molar-refractivity contribution in [3.05, 3.63) is 47.0 Å². The average Bonchev–Trinajstić information content (AvgIpc) is 3.07. The third kappa shape index (κ3) is 3.47. The number of carbonyl (C=O) groups is 1. The first-order chi connectivity index (χ1) is 14.4. The number of fused-ring (bicyclic) bond motifs is 3. The molecule has 0 saturated heterocycles. The third-order valence-electron chi connectivity index (χ3n) is 5.41. The molecule has 2 heterocycles. The van der Waals surface area contributed by atoms with Gasteiger partial charge in [-0.1, -0.05) is 17.3 Å². The molecule has 2 aliphatic rings. The van der Waals surface area contributed by atoms with Crippen molar-refractivity contribution in [3.8, 4) is 11.1 Å². The lowest BCUT2D eigenvalue weighted by Crippen LogP contribution is -2.28. The van der Waals surface area contributed by atoms with E-state index in [1.165, 1.54) is 12.1 Å². The number of nitrogens with zero attached hydrogens (tertiary/aromatic N) is 2. The molecule has 1 amide bonds. The lowest BCUT2D eigenvalue weighted by molar-refractivity contribution is -0.110. The minimum atomic E-state index is -3.70. The van der Waals surface area contributed by atoms with Crippen LogP contribution in [0.2, 0.25) is 0 Å². The van der Waals surface area contributed by atoms with Crippen molar-refractivity contribution in [1.82, 2.24) is 9.62 Å². The molecular weight excluding hydrogens is 408 g/mol. The smallest absolute Gasteiger partial charge is 0.278 e. The maximum absolute atomic E-state index is 12.3. The van der Waals surface area contributed by atoms with Crippen molar-refractivity contribution in [2.45, 2.75) is 17.9 Å². The summed E-state index contributed by atoms with van der Waals surface area (Å²) in [6.07, 6.45) is 0.772. The van der Waals surface area contributed by atoms with E-state index in [1.54, 1.807) is 12.1 Å². The Bertz CT molecular complexity index is 1140. The van der Waals surface area contributed by atoms with Gasteiger partial charge >= 0.3 is 0 Å². The molecule has 0 aliphatic carbocycles. The molecule has 0 atom stereocenters. The van der Waals surface area contributed by atoms with Gasteiger partial charge in [0, 0.05) is 25.2 Å². The zero-order chi connectivity index (χ0) is 21.5. The molecule has 0 unspecified atom stereocenters. The second-order valence-corrected chi connectivity index (χ2v) is 9.11. The lowest BCUT2D eigenvalue weighted by atomic mass is 9.87. The molecule has 4 N–H and O–H groups in total. The number of anilines is 1. The Morgan fingerprint density at radius 2 is 1.93 bits per heavy atom. The Hall–Kier alpha value is -2.79. The second-order valence-electron chi connectivity index (χ2n) is 7.34. The molecule has 0 saturated carbocycles. The summed E-state index contributed by atoms with van der Waals surface area (Å²) in [6, 6.07) is 8.27. The molecule has 0 aromatic heterocycles. The van der Waals surface area contributed by atoms with Gasteiger partial charge in [-0.05, 0) is 53.9 Å². The summed E-state index contributed by atoms with van der Waals surface area (Å²) in [5.41, 5.74) is 4.91. The molecule has 0 radical (unpaired) electrons. The van der Waals surface area contributed by atoms with Crippen molar-refractivity contribution in [2.24, 2.45) is 5.16 Å². The molecule has 0 fully saturated rings. The highest BCUT2D eigenvalue weighted by Crippen LogP contribution is 2.40. The Morgan fingerprint density at radius 1 is 1.20 bits per heavy atom. The quantitative estimate of drug-likeness (QED) is 0.409. The normalized spacial score (nSPS) is 17.7. The first-order valence-corrected chi connectivity index (χ1v) is 11.0. The molecule has 0 spiro atoms. The summed E-state index contributed by atoms with van der Waals surface area (Å²) < 4.78 is 26.8. The fourth-order valence-electron chi connectivity index (χ4n) is 3.95. The second kappa shape index (κ2) is 7.80. The van der Waals surface area contributed by atoms with E-state index < -0.39 is 15.9 Å². The van der Waals surface area contributed by atoms with Crippen molar-refractivity contribution in [1.29, 1.82) is 0 Å². The van der Waals surface area contributed by atoms with Gasteiger partial charge in [-0.25, -0.2) is 13.1 Å². The molecule has 2 aromatic carbocycles. The molecule has 10 heteroatoms.